The Labute approximate surface area is 343 Å². The van der Waals surface area contributed by atoms with Crippen LogP contribution in [0.1, 0.15) is 22.3 Å². The van der Waals surface area contributed by atoms with Gasteiger partial charge in [0.15, 0.2) is 0 Å². The van der Waals surface area contributed by atoms with Gasteiger partial charge in [-0.25, -0.2) is 0 Å². The standard InChI is InChI=1S/C55H36N2S/c1-3-17-39(18-4-1)56(40-19-5-2-6-20-40)41-21-15-16-37(34-41)38-30-32-49-45(35-38)43-22-7-9-24-47(43)55(49)48-25-10-8-23-44(48)46-36-42(31-33-50(46)55)57-51-26-11-13-28-53(51)58-54-29-14-12-27-52(54)57/h1-36H. The molecule has 2 nitrogen and oxygen atoms in total. The Bertz CT molecular complexity index is 2980. The first-order chi connectivity index (χ1) is 28.8. The first-order valence-electron chi connectivity index (χ1n) is 19.9. The van der Waals surface area contributed by atoms with Crippen LogP contribution in [0, 0.1) is 0 Å². The molecule has 3 heteroatoms. The van der Waals surface area contributed by atoms with Crippen molar-refractivity contribution in [3.63, 3.8) is 0 Å². The first kappa shape index (κ1) is 33.1. The zero-order valence-electron chi connectivity index (χ0n) is 31.6. The summed E-state index contributed by atoms with van der Waals surface area (Å²) in [5, 5.41) is 0. The van der Waals surface area contributed by atoms with Gasteiger partial charge in [0.05, 0.1) is 16.8 Å². The molecule has 12 rings (SSSR count). The minimum Gasteiger partial charge on any atom is -0.310 e. The highest BCUT2D eigenvalue weighted by atomic mass is 32.2. The topological polar surface area (TPSA) is 6.48 Å². The Hall–Kier alpha value is -7.07. The molecule has 1 aliphatic heterocycles. The van der Waals surface area contributed by atoms with Gasteiger partial charge in [0.2, 0.25) is 0 Å². The number of benzene rings is 9. The van der Waals surface area contributed by atoms with E-state index in [1.807, 2.05) is 11.8 Å². The second-order valence-electron chi connectivity index (χ2n) is 15.3. The molecule has 2 aliphatic carbocycles. The third kappa shape index (κ3) is 4.81. The van der Waals surface area contributed by atoms with Crippen LogP contribution in [-0.4, -0.2) is 0 Å². The number of hydrogen-bond donors (Lipinski definition) is 0. The Morgan fingerprint density at radius 3 is 1.47 bits per heavy atom. The minimum atomic E-state index is -0.429. The van der Waals surface area contributed by atoms with Gasteiger partial charge < -0.3 is 9.80 Å². The summed E-state index contributed by atoms with van der Waals surface area (Å²) in [4.78, 5) is 7.32. The van der Waals surface area contributed by atoms with Crippen molar-refractivity contribution in [2.24, 2.45) is 0 Å². The molecule has 1 heterocycles. The van der Waals surface area contributed by atoms with Gasteiger partial charge in [0.1, 0.15) is 0 Å². The van der Waals surface area contributed by atoms with E-state index in [0.29, 0.717) is 0 Å². The molecule has 0 saturated heterocycles. The third-order valence-corrected chi connectivity index (χ3v) is 13.4. The van der Waals surface area contributed by atoms with Crippen LogP contribution >= 0.6 is 11.8 Å². The third-order valence-electron chi connectivity index (χ3n) is 12.2. The zero-order valence-corrected chi connectivity index (χ0v) is 32.4. The molecule has 1 unspecified atom stereocenters. The van der Waals surface area contributed by atoms with Crippen molar-refractivity contribution in [2.45, 2.75) is 15.2 Å². The van der Waals surface area contributed by atoms with Crippen LogP contribution in [-0.2, 0) is 5.41 Å². The van der Waals surface area contributed by atoms with Gasteiger partial charge in [-0.15, -0.1) is 0 Å². The summed E-state index contributed by atoms with van der Waals surface area (Å²) in [5.74, 6) is 0. The molecule has 0 radical (unpaired) electrons. The van der Waals surface area contributed by atoms with Gasteiger partial charge in [-0.2, -0.15) is 0 Å². The Kier molecular flexibility index (Phi) is 7.41. The lowest BCUT2D eigenvalue weighted by molar-refractivity contribution is 0.794. The molecule has 9 aromatic carbocycles. The average molecular weight is 757 g/mol. The van der Waals surface area contributed by atoms with Crippen molar-refractivity contribution in [3.8, 4) is 33.4 Å². The normalized spacial score (nSPS) is 15.2. The van der Waals surface area contributed by atoms with Crippen LogP contribution in [0.3, 0.4) is 0 Å². The van der Waals surface area contributed by atoms with E-state index in [2.05, 4.69) is 228 Å². The van der Waals surface area contributed by atoms with Crippen LogP contribution in [0.2, 0.25) is 0 Å². The smallest absolute Gasteiger partial charge is 0.0725 e. The lowest BCUT2D eigenvalue weighted by Gasteiger charge is -2.34. The van der Waals surface area contributed by atoms with E-state index in [-0.39, 0.29) is 0 Å². The molecule has 0 aromatic heterocycles. The summed E-state index contributed by atoms with van der Waals surface area (Å²) in [6.07, 6.45) is 0. The lowest BCUT2D eigenvalue weighted by atomic mass is 9.70. The van der Waals surface area contributed by atoms with Gasteiger partial charge in [0, 0.05) is 32.5 Å². The highest BCUT2D eigenvalue weighted by molar-refractivity contribution is 7.99. The molecule has 272 valence electrons. The van der Waals surface area contributed by atoms with Crippen LogP contribution in [0.4, 0.5) is 34.1 Å². The quantitative estimate of drug-likeness (QED) is 0.173. The van der Waals surface area contributed by atoms with Gasteiger partial charge in [0.25, 0.3) is 0 Å². The van der Waals surface area contributed by atoms with Crippen LogP contribution in [0.5, 0.6) is 0 Å². The molecular formula is C55H36N2S. The van der Waals surface area contributed by atoms with Crippen molar-refractivity contribution in [1.29, 1.82) is 0 Å². The van der Waals surface area contributed by atoms with Crippen LogP contribution < -0.4 is 9.80 Å². The molecule has 3 aliphatic rings. The molecular weight excluding hydrogens is 721 g/mol. The molecule has 0 fully saturated rings. The predicted molar refractivity (Wildman–Crippen MR) is 242 cm³/mol. The van der Waals surface area contributed by atoms with Crippen LogP contribution in [0.15, 0.2) is 228 Å². The summed E-state index contributed by atoms with van der Waals surface area (Å²) < 4.78 is 0. The van der Waals surface area contributed by atoms with E-state index in [4.69, 9.17) is 0 Å². The molecule has 0 amide bonds. The number of fused-ring (bicyclic) bond motifs is 12. The van der Waals surface area contributed by atoms with E-state index in [0.717, 1.165) is 17.1 Å². The van der Waals surface area contributed by atoms with E-state index in [9.17, 15) is 0 Å². The fourth-order valence-electron chi connectivity index (χ4n) is 9.86. The number of anilines is 6. The van der Waals surface area contributed by atoms with Gasteiger partial charge in [-0.1, -0.05) is 151 Å². The molecule has 1 atom stereocenters. The first-order valence-corrected chi connectivity index (χ1v) is 20.7. The second kappa shape index (κ2) is 13.0. The summed E-state index contributed by atoms with van der Waals surface area (Å²) in [6, 6.07) is 80.4. The number of hydrogen-bond acceptors (Lipinski definition) is 3. The molecule has 0 N–H and O–H groups in total. The van der Waals surface area contributed by atoms with Gasteiger partial charge in [-0.05, 0) is 134 Å². The fraction of sp³-hybridized carbons (Fsp3) is 0.0182. The molecule has 58 heavy (non-hydrogen) atoms. The minimum absolute atomic E-state index is 0.429. The summed E-state index contributed by atoms with van der Waals surface area (Å²) in [5.41, 5.74) is 19.5. The van der Waals surface area contributed by atoms with Crippen molar-refractivity contribution >= 4 is 45.9 Å². The molecule has 1 spiro atoms. The number of rotatable bonds is 5. The summed E-state index contributed by atoms with van der Waals surface area (Å²) >= 11 is 1.85. The number of nitrogens with zero attached hydrogens (tertiary/aromatic N) is 2. The monoisotopic (exact) mass is 756 g/mol. The molecule has 0 bridgehead atoms. The van der Waals surface area contributed by atoms with E-state index < -0.39 is 5.41 Å². The van der Waals surface area contributed by atoms with Crippen molar-refractivity contribution in [3.05, 3.63) is 241 Å². The largest absolute Gasteiger partial charge is 0.310 e. The Morgan fingerprint density at radius 1 is 0.345 bits per heavy atom. The van der Waals surface area contributed by atoms with E-state index >= 15 is 0 Å². The lowest BCUT2D eigenvalue weighted by Crippen LogP contribution is -2.26. The molecule has 9 aromatic rings. The fourth-order valence-corrected chi connectivity index (χ4v) is 10.9. The predicted octanol–water partition coefficient (Wildman–Crippen LogP) is 15.1. The maximum absolute atomic E-state index is 2.45. The SMILES string of the molecule is c1ccc(N(c2ccccc2)c2cccc(-c3ccc4c(c3)-c3ccccc3C43c4ccccc4-c4cc(N5c6ccccc6Sc6ccccc65)ccc43)c2)cc1. The maximum atomic E-state index is 2.45. The highest BCUT2D eigenvalue weighted by Crippen LogP contribution is 2.64. The zero-order chi connectivity index (χ0) is 38.2. The van der Waals surface area contributed by atoms with E-state index in [1.54, 1.807) is 0 Å². The van der Waals surface area contributed by atoms with Crippen molar-refractivity contribution < 1.29 is 0 Å². The average Bonchev–Trinajstić information content (AvgIpc) is 3.76. The maximum Gasteiger partial charge on any atom is 0.0725 e. The van der Waals surface area contributed by atoms with Crippen molar-refractivity contribution in [1.82, 2.24) is 0 Å². The second-order valence-corrected chi connectivity index (χ2v) is 16.3. The van der Waals surface area contributed by atoms with Gasteiger partial charge in [-0.3, -0.25) is 0 Å². The highest BCUT2D eigenvalue weighted by Gasteiger charge is 2.51. The molecule has 0 saturated carbocycles. The number of para-hydroxylation sites is 4. The summed E-state index contributed by atoms with van der Waals surface area (Å²) in [7, 11) is 0. The van der Waals surface area contributed by atoms with E-state index in [1.165, 1.54) is 82.5 Å². The van der Waals surface area contributed by atoms with Crippen LogP contribution in [0.25, 0.3) is 33.4 Å². The summed E-state index contributed by atoms with van der Waals surface area (Å²) in [6.45, 7) is 0. The Morgan fingerprint density at radius 2 is 0.828 bits per heavy atom. The van der Waals surface area contributed by atoms with Gasteiger partial charge >= 0.3 is 0 Å². The Balaban J connectivity index is 1.02. The van der Waals surface area contributed by atoms with Crippen molar-refractivity contribution in [2.75, 3.05) is 9.80 Å².